The summed E-state index contributed by atoms with van der Waals surface area (Å²) in [4.78, 5) is 54.3. The van der Waals surface area contributed by atoms with Gasteiger partial charge in [0.15, 0.2) is 6.10 Å². The number of hydrogen-bond acceptors (Lipinski definition) is 14. The third-order valence-electron chi connectivity index (χ3n) is 10.3. The van der Waals surface area contributed by atoms with E-state index in [1.807, 2.05) is 12.2 Å². The lowest BCUT2D eigenvalue weighted by Gasteiger charge is -2.43. The number of aliphatic hydroxyl groups excluding tert-OH is 5. The Hall–Kier alpha value is -3.12. The summed E-state index contributed by atoms with van der Waals surface area (Å²) in [6.45, 7) is 2.74. The zero-order chi connectivity index (χ0) is 50.5. The Morgan fingerprint density at radius 3 is 1.65 bits per heavy atom. The Morgan fingerprint density at radius 2 is 1.07 bits per heavy atom. The van der Waals surface area contributed by atoms with Crippen LogP contribution in [0.1, 0.15) is 136 Å². The molecular formula is C49H80O17P2. The molecule has 68 heavy (non-hydrogen) atoms. The van der Waals surface area contributed by atoms with Crippen LogP contribution in [0.2, 0.25) is 0 Å². The molecule has 0 amide bonds. The Morgan fingerprint density at radius 1 is 0.559 bits per heavy atom. The number of phosphoric acid groups is 2. The molecule has 0 radical (unpaired) electrons. The minimum Gasteiger partial charge on any atom is -0.462 e. The van der Waals surface area contributed by atoms with Crippen LogP contribution < -0.4 is 0 Å². The van der Waals surface area contributed by atoms with Gasteiger partial charge in [-0.25, -0.2) is 9.13 Å². The molecule has 388 valence electrons. The van der Waals surface area contributed by atoms with Gasteiger partial charge >= 0.3 is 27.6 Å². The largest absolute Gasteiger partial charge is 0.472 e. The van der Waals surface area contributed by atoms with Crippen LogP contribution in [-0.4, -0.2) is 114 Å². The van der Waals surface area contributed by atoms with Gasteiger partial charge in [0.2, 0.25) is 0 Å². The molecule has 0 spiro atoms. The minimum atomic E-state index is -5.40. The number of esters is 2. The van der Waals surface area contributed by atoms with Gasteiger partial charge in [0.25, 0.3) is 0 Å². The zero-order valence-electron chi connectivity index (χ0n) is 39.9. The highest BCUT2D eigenvalue weighted by Crippen LogP contribution is 2.49. The smallest absolute Gasteiger partial charge is 0.462 e. The number of hydrogen-bond donors (Lipinski definition) is 8. The zero-order valence-corrected chi connectivity index (χ0v) is 41.6. The monoisotopic (exact) mass is 1000 g/mol. The number of carbonyl (C=O) groups excluding carboxylic acids is 2. The molecule has 1 aliphatic rings. The van der Waals surface area contributed by atoms with Crippen molar-refractivity contribution in [3.63, 3.8) is 0 Å². The maximum atomic E-state index is 13.0. The molecule has 0 bridgehead atoms. The molecule has 6 unspecified atom stereocenters. The summed E-state index contributed by atoms with van der Waals surface area (Å²) in [5, 5.41) is 51.7. The normalized spacial score (nSPS) is 22.6. The number of unbranched alkanes of at least 4 members (excludes halogenated alkanes) is 8. The van der Waals surface area contributed by atoms with E-state index >= 15 is 0 Å². The summed E-state index contributed by atoms with van der Waals surface area (Å²) >= 11 is 0. The maximum Gasteiger partial charge on any atom is 0.472 e. The van der Waals surface area contributed by atoms with Crippen molar-refractivity contribution >= 4 is 27.6 Å². The molecule has 19 heteroatoms. The first-order chi connectivity index (χ1) is 32.5. The molecule has 1 rings (SSSR count). The number of carbonyl (C=O) groups is 2. The SMILES string of the molecule is CC/C=C\C/C=C\C/C=C\C/C=C\C/C=C\C=C/C(O)CCC(=O)O[C@H](COC(=O)CCCCCCC/C=C\C/C=C\CCCCC)COP(=O)(O)O[C@H]1C(O)C(O)C(O)[C@@H](OP(=O)(O)O)C1O. The van der Waals surface area contributed by atoms with E-state index in [4.69, 9.17) is 18.5 Å². The molecule has 0 saturated heterocycles. The second-order valence-corrected chi connectivity index (χ2v) is 18.9. The maximum absolute atomic E-state index is 13.0. The van der Waals surface area contributed by atoms with Crippen molar-refractivity contribution in [3.05, 3.63) is 97.2 Å². The molecule has 0 heterocycles. The number of aliphatic hydroxyl groups is 5. The fourth-order valence-corrected chi connectivity index (χ4v) is 8.06. The Balaban J connectivity index is 2.72. The highest BCUT2D eigenvalue weighted by atomic mass is 31.2. The second-order valence-electron chi connectivity index (χ2n) is 16.3. The summed E-state index contributed by atoms with van der Waals surface area (Å²) in [5.74, 6) is -1.51. The van der Waals surface area contributed by atoms with Crippen LogP contribution in [0.5, 0.6) is 0 Å². The molecule has 0 aromatic rings. The van der Waals surface area contributed by atoms with E-state index < -0.39 is 89.6 Å². The van der Waals surface area contributed by atoms with Crippen LogP contribution in [0.3, 0.4) is 0 Å². The number of rotatable bonds is 38. The first-order valence-electron chi connectivity index (χ1n) is 23.9. The van der Waals surface area contributed by atoms with Crippen molar-refractivity contribution in [3.8, 4) is 0 Å². The molecule has 8 N–H and O–H groups in total. The van der Waals surface area contributed by atoms with Crippen molar-refractivity contribution in [2.45, 2.75) is 185 Å². The first kappa shape index (κ1) is 62.9. The van der Waals surface area contributed by atoms with E-state index in [2.05, 4.69) is 85.2 Å². The van der Waals surface area contributed by atoms with Crippen LogP contribution in [0, 0.1) is 0 Å². The summed E-state index contributed by atoms with van der Waals surface area (Å²) in [7, 11) is -10.8. The van der Waals surface area contributed by atoms with Gasteiger partial charge in [-0.05, 0) is 77.0 Å². The average molecular weight is 1000 g/mol. The third kappa shape index (κ3) is 32.6. The molecule has 1 aliphatic carbocycles. The fourth-order valence-electron chi connectivity index (χ4n) is 6.52. The molecule has 1 saturated carbocycles. The third-order valence-corrected chi connectivity index (χ3v) is 11.8. The van der Waals surface area contributed by atoms with Crippen molar-refractivity contribution in [2.75, 3.05) is 13.2 Å². The van der Waals surface area contributed by atoms with Crippen molar-refractivity contribution < 1.29 is 82.0 Å². The fraction of sp³-hybridized carbons (Fsp3) is 0.633. The van der Waals surface area contributed by atoms with E-state index in [-0.39, 0.29) is 19.3 Å². The van der Waals surface area contributed by atoms with E-state index in [9.17, 15) is 58.9 Å². The van der Waals surface area contributed by atoms with Gasteiger partial charge in [0, 0.05) is 12.8 Å². The van der Waals surface area contributed by atoms with Crippen LogP contribution in [0.15, 0.2) is 97.2 Å². The molecule has 0 aromatic heterocycles. The molecule has 1 fully saturated rings. The lowest BCUT2D eigenvalue weighted by atomic mass is 9.85. The summed E-state index contributed by atoms with van der Waals surface area (Å²) in [6.07, 6.45) is 31.0. The van der Waals surface area contributed by atoms with Gasteiger partial charge in [-0.3, -0.25) is 23.2 Å². The Kier molecular flexibility index (Phi) is 35.7. The van der Waals surface area contributed by atoms with Crippen LogP contribution >= 0.6 is 15.6 Å². The van der Waals surface area contributed by atoms with Crippen molar-refractivity contribution in [1.29, 1.82) is 0 Å². The lowest BCUT2D eigenvalue weighted by molar-refractivity contribution is -0.216. The van der Waals surface area contributed by atoms with Crippen molar-refractivity contribution in [1.82, 2.24) is 0 Å². The molecule has 17 nitrogen and oxygen atoms in total. The first-order valence-corrected chi connectivity index (χ1v) is 26.9. The summed E-state index contributed by atoms with van der Waals surface area (Å²) < 4.78 is 49.2. The second kappa shape index (κ2) is 38.6. The standard InChI is InChI=1S/C49H80O17P2/c1-3-5-7-9-11-13-15-17-19-21-22-24-26-28-30-32-34-40(50)36-37-43(52)64-41(38-62-42(51)35-33-31-29-27-25-23-20-18-16-14-12-10-8-6-4-2)39-63-68(60,61)66-49-46(55)44(53)45(54)48(47(49)56)65-67(57,58)59/h5,7,11-14,17-20,22,24,28,30,32,34,40-41,44-50,53-56H,3-4,6,8-10,15-16,21,23,25-27,29,31,33,35-39H2,1-2H3,(H,60,61)(H2,57,58,59)/b7-5-,13-11-,14-12-,19-17-,20-18-,24-22-,30-28-,34-32-/t40?,41-,44?,45?,46?,47?,48-,49+/m1/s1. The highest BCUT2D eigenvalue weighted by Gasteiger charge is 2.54. The van der Waals surface area contributed by atoms with Gasteiger partial charge in [-0.2, -0.15) is 0 Å². The average Bonchev–Trinajstić information content (AvgIpc) is 3.29. The predicted octanol–water partition coefficient (Wildman–Crippen LogP) is 8.14. The Bertz CT molecular complexity index is 1700. The van der Waals surface area contributed by atoms with Crippen LogP contribution in [-0.2, 0) is 41.8 Å². The van der Waals surface area contributed by atoms with Gasteiger partial charge in [-0.15, -0.1) is 0 Å². The molecule has 0 aromatic carbocycles. The topological polar surface area (TPSA) is 276 Å². The van der Waals surface area contributed by atoms with E-state index in [1.54, 1.807) is 12.2 Å². The van der Waals surface area contributed by atoms with Gasteiger partial charge in [0.05, 0.1) is 12.7 Å². The van der Waals surface area contributed by atoms with Crippen LogP contribution in [0.4, 0.5) is 0 Å². The summed E-state index contributed by atoms with van der Waals surface area (Å²) in [6, 6.07) is 0. The highest BCUT2D eigenvalue weighted by molar-refractivity contribution is 7.47. The molecule has 9 atom stereocenters. The van der Waals surface area contributed by atoms with E-state index in [1.165, 1.54) is 25.3 Å². The van der Waals surface area contributed by atoms with Crippen molar-refractivity contribution in [2.24, 2.45) is 0 Å². The van der Waals surface area contributed by atoms with Gasteiger partial charge in [0.1, 0.15) is 43.2 Å². The van der Waals surface area contributed by atoms with Gasteiger partial charge < -0.3 is 49.7 Å². The van der Waals surface area contributed by atoms with Gasteiger partial charge in [-0.1, -0.05) is 143 Å². The minimum absolute atomic E-state index is 0.0491. The predicted molar refractivity (Wildman–Crippen MR) is 261 cm³/mol. The molecule has 0 aliphatic heterocycles. The quantitative estimate of drug-likeness (QED) is 0.00953. The molecular weight excluding hydrogens is 922 g/mol. The Labute approximate surface area is 403 Å². The van der Waals surface area contributed by atoms with Crippen LogP contribution in [0.25, 0.3) is 0 Å². The lowest BCUT2D eigenvalue weighted by Crippen LogP contribution is -2.64. The number of allylic oxidation sites excluding steroid dienone is 15. The number of ether oxygens (including phenoxy) is 2. The summed E-state index contributed by atoms with van der Waals surface area (Å²) in [5.41, 5.74) is 0. The number of phosphoric ester groups is 2. The van der Waals surface area contributed by atoms with E-state index in [0.717, 1.165) is 70.6 Å². The van der Waals surface area contributed by atoms with E-state index in [0.29, 0.717) is 12.8 Å².